The largest absolute Gasteiger partial charge is 0.357 e. The summed E-state index contributed by atoms with van der Waals surface area (Å²) in [6.07, 6.45) is 0.382. The van der Waals surface area contributed by atoms with Crippen LogP contribution in [0.5, 0.6) is 0 Å². The molecule has 3 aromatic rings. The summed E-state index contributed by atoms with van der Waals surface area (Å²) in [6.45, 7) is 5.38. The van der Waals surface area contributed by atoms with E-state index in [9.17, 15) is 18.0 Å². The van der Waals surface area contributed by atoms with Gasteiger partial charge in [-0.1, -0.05) is 61.5 Å². The zero-order valence-electron chi connectivity index (χ0n) is 21.1. The first-order chi connectivity index (χ1) is 17.2. The molecule has 190 valence electrons. The van der Waals surface area contributed by atoms with E-state index in [4.69, 9.17) is 0 Å². The van der Waals surface area contributed by atoms with Gasteiger partial charge in [-0.15, -0.1) is 0 Å². The van der Waals surface area contributed by atoms with E-state index in [0.29, 0.717) is 12.1 Å². The Morgan fingerprint density at radius 3 is 2.19 bits per heavy atom. The Labute approximate surface area is 213 Å². The molecule has 3 rings (SSSR count). The van der Waals surface area contributed by atoms with Gasteiger partial charge in [0.05, 0.1) is 10.6 Å². The molecule has 0 saturated heterocycles. The van der Waals surface area contributed by atoms with Gasteiger partial charge in [0, 0.05) is 13.6 Å². The Balaban J connectivity index is 2.06. The summed E-state index contributed by atoms with van der Waals surface area (Å²) >= 11 is 0. The summed E-state index contributed by atoms with van der Waals surface area (Å²) in [6, 6.07) is 22.0. The van der Waals surface area contributed by atoms with Crippen molar-refractivity contribution in [2.24, 2.45) is 0 Å². The second kappa shape index (κ2) is 11.9. The molecule has 8 heteroatoms. The number of amides is 2. The molecule has 3 aromatic carbocycles. The first-order valence-corrected chi connectivity index (χ1v) is 13.3. The van der Waals surface area contributed by atoms with E-state index >= 15 is 0 Å². The Kier molecular flexibility index (Phi) is 8.88. The zero-order valence-corrected chi connectivity index (χ0v) is 22.0. The molecule has 0 bridgehead atoms. The number of hydrogen-bond donors (Lipinski definition) is 1. The number of carbonyl (C=O) groups is 2. The van der Waals surface area contributed by atoms with Crippen LogP contribution in [0, 0.1) is 13.8 Å². The summed E-state index contributed by atoms with van der Waals surface area (Å²) in [5.41, 5.74) is 3.12. The van der Waals surface area contributed by atoms with Crippen LogP contribution in [0.4, 0.5) is 5.69 Å². The summed E-state index contributed by atoms with van der Waals surface area (Å²) in [5, 5.41) is 2.64. The van der Waals surface area contributed by atoms with Gasteiger partial charge < -0.3 is 10.2 Å². The molecular weight excluding hydrogens is 474 g/mol. The van der Waals surface area contributed by atoms with Crippen molar-refractivity contribution in [3.8, 4) is 0 Å². The lowest BCUT2D eigenvalue weighted by molar-refractivity contribution is -0.140. The number of hydrogen-bond acceptors (Lipinski definition) is 4. The van der Waals surface area contributed by atoms with Gasteiger partial charge in [-0.3, -0.25) is 13.9 Å². The van der Waals surface area contributed by atoms with Gasteiger partial charge in [0.2, 0.25) is 11.8 Å². The first-order valence-electron chi connectivity index (χ1n) is 11.9. The molecule has 7 nitrogen and oxygen atoms in total. The molecule has 0 radical (unpaired) electrons. The highest BCUT2D eigenvalue weighted by atomic mass is 32.2. The minimum absolute atomic E-state index is 0.0862. The minimum Gasteiger partial charge on any atom is -0.357 e. The topological polar surface area (TPSA) is 86.8 Å². The number of carbonyl (C=O) groups excluding carboxylic acids is 2. The van der Waals surface area contributed by atoms with E-state index in [0.717, 1.165) is 21.0 Å². The molecule has 0 heterocycles. The number of nitrogens with zero attached hydrogens (tertiary/aromatic N) is 2. The molecule has 2 amide bonds. The van der Waals surface area contributed by atoms with Crippen LogP contribution in [0.2, 0.25) is 0 Å². The average Bonchev–Trinajstić information content (AvgIpc) is 2.88. The number of benzene rings is 3. The SMILES string of the molecule is CCC(C(=O)NC)N(Cc1ccccc1C)C(=O)CN(c1cccc(C)c1)S(=O)(=O)c1ccccc1. The molecule has 0 aliphatic heterocycles. The van der Waals surface area contributed by atoms with Crippen molar-refractivity contribution in [1.82, 2.24) is 10.2 Å². The average molecular weight is 508 g/mol. The van der Waals surface area contributed by atoms with E-state index in [1.807, 2.05) is 51.1 Å². The second-order valence-electron chi connectivity index (χ2n) is 8.65. The number of likely N-dealkylation sites (N-methyl/N-ethyl adjacent to an activating group) is 1. The molecule has 0 aliphatic carbocycles. The number of aryl methyl sites for hydroxylation is 2. The van der Waals surface area contributed by atoms with Gasteiger partial charge >= 0.3 is 0 Å². The second-order valence-corrected chi connectivity index (χ2v) is 10.5. The van der Waals surface area contributed by atoms with E-state index in [2.05, 4.69) is 5.32 Å². The van der Waals surface area contributed by atoms with Crippen molar-refractivity contribution in [3.05, 3.63) is 95.6 Å². The standard InChI is InChI=1S/C28H33N3O4S/c1-5-26(28(33)29-4)30(19-23-14-10-9-13-22(23)3)27(32)20-31(24-15-11-12-21(2)18-24)36(34,35)25-16-7-6-8-17-25/h6-18,26H,5,19-20H2,1-4H3,(H,29,33). The Morgan fingerprint density at radius 1 is 0.917 bits per heavy atom. The van der Waals surface area contributed by atoms with Crippen molar-refractivity contribution >= 4 is 27.5 Å². The van der Waals surface area contributed by atoms with Crippen molar-refractivity contribution in [2.75, 3.05) is 17.9 Å². The van der Waals surface area contributed by atoms with Gasteiger partial charge in [0.15, 0.2) is 0 Å². The van der Waals surface area contributed by atoms with E-state index in [1.165, 1.54) is 24.1 Å². The highest BCUT2D eigenvalue weighted by Crippen LogP contribution is 2.25. The Bertz CT molecular complexity index is 1310. The fourth-order valence-corrected chi connectivity index (χ4v) is 5.52. The van der Waals surface area contributed by atoms with Gasteiger partial charge in [-0.05, 0) is 61.2 Å². The van der Waals surface area contributed by atoms with Crippen LogP contribution >= 0.6 is 0 Å². The van der Waals surface area contributed by atoms with Gasteiger partial charge in [-0.2, -0.15) is 0 Å². The van der Waals surface area contributed by atoms with Crippen LogP contribution in [-0.2, 0) is 26.2 Å². The van der Waals surface area contributed by atoms with Crippen LogP contribution in [0.3, 0.4) is 0 Å². The Morgan fingerprint density at radius 2 is 1.58 bits per heavy atom. The predicted molar refractivity (Wildman–Crippen MR) is 142 cm³/mol. The third-order valence-corrected chi connectivity index (χ3v) is 7.92. The van der Waals surface area contributed by atoms with E-state index in [1.54, 1.807) is 36.4 Å². The van der Waals surface area contributed by atoms with Crippen LogP contribution in [-0.4, -0.2) is 44.8 Å². The fraction of sp³-hybridized carbons (Fsp3) is 0.286. The van der Waals surface area contributed by atoms with E-state index in [-0.39, 0.29) is 17.3 Å². The van der Waals surface area contributed by atoms with Crippen molar-refractivity contribution < 1.29 is 18.0 Å². The highest BCUT2D eigenvalue weighted by Gasteiger charge is 2.33. The number of sulfonamides is 1. The predicted octanol–water partition coefficient (Wildman–Crippen LogP) is 4.05. The number of rotatable bonds is 10. The molecular formula is C28H33N3O4S. The lowest BCUT2D eigenvalue weighted by Gasteiger charge is -2.33. The van der Waals surface area contributed by atoms with Gasteiger partial charge in [0.1, 0.15) is 12.6 Å². The van der Waals surface area contributed by atoms with Crippen LogP contribution in [0.15, 0.2) is 83.8 Å². The molecule has 1 N–H and O–H groups in total. The highest BCUT2D eigenvalue weighted by molar-refractivity contribution is 7.92. The van der Waals surface area contributed by atoms with Crippen molar-refractivity contribution in [1.29, 1.82) is 0 Å². The number of nitrogens with one attached hydrogen (secondary N) is 1. The monoisotopic (exact) mass is 507 g/mol. The van der Waals surface area contributed by atoms with Crippen LogP contribution < -0.4 is 9.62 Å². The summed E-state index contributed by atoms with van der Waals surface area (Å²) < 4.78 is 28.6. The molecule has 0 aromatic heterocycles. The third kappa shape index (κ3) is 6.12. The summed E-state index contributed by atoms with van der Waals surface area (Å²) in [5.74, 6) is -0.762. The maximum atomic E-state index is 13.9. The van der Waals surface area contributed by atoms with Crippen molar-refractivity contribution in [3.63, 3.8) is 0 Å². The molecule has 1 unspecified atom stereocenters. The maximum absolute atomic E-state index is 13.9. The molecule has 0 fully saturated rings. The van der Waals surface area contributed by atoms with E-state index < -0.39 is 28.5 Å². The normalized spacial score (nSPS) is 12.0. The lowest BCUT2D eigenvalue weighted by atomic mass is 10.1. The number of anilines is 1. The first kappa shape index (κ1) is 26.9. The van der Waals surface area contributed by atoms with Crippen LogP contribution in [0.25, 0.3) is 0 Å². The molecule has 0 spiro atoms. The van der Waals surface area contributed by atoms with Gasteiger partial charge in [-0.25, -0.2) is 8.42 Å². The molecule has 0 saturated carbocycles. The molecule has 1 atom stereocenters. The van der Waals surface area contributed by atoms with Gasteiger partial charge in [0.25, 0.3) is 10.0 Å². The minimum atomic E-state index is -4.05. The fourth-order valence-electron chi connectivity index (χ4n) is 4.09. The maximum Gasteiger partial charge on any atom is 0.264 e. The zero-order chi connectivity index (χ0) is 26.3. The molecule has 36 heavy (non-hydrogen) atoms. The van der Waals surface area contributed by atoms with Crippen LogP contribution in [0.1, 0.15) is 30.0 Å². The smallest absolute Gasteiger partial charge is 0.264 e. The Hall–Kier alpha value is -3.65. The summed E-state index contributed by atoms with van der Waals surface area (Å²) in [4.78, 5) is 28.2. The molecule has 0 aliphatic rings. The summed E-state index contributed by atoms with van der Waals surface area (Å²) in [7, 11) is -2.53. The van der Waals surface area contributed by atoms with Crippen molar-refractivity contribution in [2.45, 2.75) is 44.7 Å². The lowest BCUT2D eigenvalue weighted by Crippen LogP contribution is -2.51. The quantitative estimate of drug-likeness (QED) is 0.449. The third-order valence-electron chi connectivity index (χ3n) is 6.13.